The fourth-order valence-electron chi connectivity index (χ4n) is 1.72. The van der Waals surface area contributed by atoms with Gasteiger partial charge in [-0.15, -0.1) is 0 Å². The van der Waals surface area contributed by atoms with Gasteiger partial charge < -0.3 is 15.2 Å². The van der Waals surface area contributed by atoms with Gasteiger partial charge in [0.05, 0.1) is 18.4 Å². The Morgan fingerprint density at radius 2 is 2.33 bits per heavy atom. The second-order valence-corrected chi connectivity index (χ2v) is 3.64. The molecule has 1 aliphatic heterocycles. The van der Waals surface area contributed by atoms with Crippen molar-refractivity contribution in [3.8, 4) is 5.75 Å². The number of ether oxygens (including phenoxy) is 2. The van der Waals surface area contributed by atoms with Gasteiger partial charge in [-0.05, 0) is 12.8 Å². The fourth-order valence-corrected chi connectivity index (χ4v) is 1.72. The van der Waals surface area contributed by atoms with Crippen molar-refractivity contribution in [1.29, 1.82) is 0 Å². The standard InChI is InChI=1S/C10H17N3O2/c11-3-6-15-10-7-12-13(8-10)9-1-4-14-5-2-9/h7-9H,1-6,11H2. The first-order valence-electron chi connectivity index (χ1n) is 5.35. The van der Waals surface area contributed by atoms with E-state index in [1.54, 1.807) is 6.20 Å². The van der Waals surface area contributed by atoms with Crippen LogP contribution in [0.4, 0.5) is 0 Å². The molecule has 2 rings (SSSR count). The van der Waals surface area contributed by atoms with Crippen LogP contribution in [0.5, 0.6) is 5.75 Å². The van der Waals surface area contributed by atoms with Crippen LogP contribution in [0.25, 0.3) is 0 Å². The zero-order chi connectivity index (χ0) is 10.5. The van der Waals surface area contributed by atoms with E-state index in [1.165, 1.54) is 0 Å². The Bertz CT molecular complexity index is 295. The minimum absolute atomic E-state index is 0.453. The van der Waals surface area contributed by atoms with Gasteiger partial charge in [0, 0.05) is 19.8 Å². The molecule has 0 bridgehead atoms. The van der Waals surface area contributed by atoms with Gasteiger partial charge in [-0.2, -0.15) is 5.10 Å². The predicted octanol–water partition coefficient (Wildman–Crippen LogP) is 0.572. The van der Waals surface area contributed by atoms with Crippen molar-refractivity contribution >= 4 is 0 Å². The molecule has 2 N–H and O–H groups in total. The normalized spacial score (nSPS) is 17.9. The molecule has 15 heavy (non-hydrogen) atoms. The molecule has 5 heteroatoms. The largest absolute Gasteiger partial charge is 0.489 e. The third-order valence-electron chi connectivity index (χ3n) is 2.53. The van der Waals surface area contributed by atoms with E-state index >= 15 is 0 Å². The van der Waals surface area contributed by atoms with E-state index in [0.717, 1.165) is 31.8 Å². The lowest BCUT2D eigenvalue weighted by molar-refractivity contribution is 0.0661. The summed E-state index contributed by atoms with van der Waals surface area (Å²) >= 11 is 0. The molecule has 84 valence electrons. The summed E-state index contributed by atoms with van der Waals surface area (Å²) in [7, 11) is 0. The van der Waals surface area contributed by atoms with Crippen LogP contribution in [0.2, 0.25) is 0 Å². The Balaban J connectivity index is 1.93. The molecule has 5 nitrogen and oxygen atoms in total. The van der Waals surface area contributed by atoms with Crippen LogP contribution in [0.15, 0.2) is 12.4 Å². The molecule has 1 aromatic heterocycles. The first-order valence-corrected chi connectivity index (χ1v) is 5.35. The monoisotopic (exact) mass is 211 g/mol. The zero-order valence-corrected chi connectivity index (χ0v) is 8.76. The topological polar surface area (TPSA) is 62.3 Å². The predicted molar refractivity (Wildman–Crippen MR) is 55.9 cm³/mol. The molecule has 1 saturated heterocycles. The Labute approximate surface area is 89.2 Å². The van der Waals surface area contributed by atoms with E-state index in [4.69, 9.17) is 15.2 Å². The van der Waals surface area contributed by atoms with Crippen molar-refractivity contribution in [2.45, 2.75) is 18.9 Å². The summed E-state index contributed by atoms with van der Waals surface area (Å²) in [5.74, 6) is 0.798. The molecule has 1 aromatic rings. The van der Waals surface area contributed by atoms with Crippen LogP contribution in [0, 0.1) is 0 Å². The maximum Gasteiger partial charge on any atom is 0.157 e. The Morgan fingerprint density at radius 1 is 1.53 bits per heavy atom. The third kappa shape index (κ3) is 2.70. The average Bonchev–Trinajstić information content (AvgIpc) is 2.76. The summed E-state index contributed by atoms with van der Waals surface area (Å²) in [5.41, 5.74) is 5.36. The van der Waals surface area contributed by atoms with Crippen LogP contribution < -0.4 is 10.5 Å². The van der Waals surface area contributed by atoms with E-state index in [1.807, 2.05) is 10.9 Å². The van der Waals surface area contributed by atoms with Gasteiger partial charge in [0.2, 0.25) is 0 Å². The molecule has 0 radical (unpaired) electrons. The van der Waals surface area contributed by atoms with Crippen molar-refractivity contribution in [1.82, 2.24) is 9.78 Å². The first kappa shape index (κ1) is 10.4. The molecule has 0 atom stereocenters. The maximum absolute atomic E-state index is 5.39. The fraction of sp³-hybridized carbons (Fsp3) is 0.700. The SMILES string of the molecule is NCCOc1cnn(C2CCOCC2)c1. The van der Waals surface area contributed by atoms with Crippen molar-refractivity contribution in [2.24, 2.45) is 5.73 Å². The highest BCUT2D eigenvalue weighted by atomic mass is 16.5. The molecule has 2 heterocycles. The molecular formula is C10H17N3O2. The van der Waals surface area contributed by atoms with Crippen LogP contribution in [0.1, 0.15) is 18.9 Å². The van der Waals surface area contributed by atoms with E-state index in [9.17, 15) is 0 Å². The van der Waals surface area contributed by atoms with Gasteiger partial charge in [-0.3, -0.25) is 4.68 Å². The quantitative estimate of drug-likeness (QED) is 0.791. The Morgan fingerprint density at radius 3 is 3.07 bits per heavy atom. The molecule has 0 aromatic carbocycles. The average molecular weight is 211 g/mol. The van der Waals surface area contributed by atoms with E-state index in [2.05, 4.69) is 5.10 Å². The highest BCUT2D eigenvalue weighted by Crippen LogP contribution is 2.21. The second kappa shape index (κ2) is 5.14. The van der Waals surface area contributed by atoms with E-state index in [-0.39, 0.29) is 0 Å². The molecule has 0 saturated carbocycles. The summed E-state index contributed by atoms with van der Waals surface area (Å²) in [6, 6.07) is 0.453. The first-order chi connectivity index (χ1) is 7.40. The molecular weight excluding hydrogens is 194 g/mol. The van der Waals surface area contributed by atoms with Crippen LogP contribution in [0.3, 0.4) is 0 Å². The summed E-state index contributed by atoms with van der Waals surface area (Å²) in [6.45, 7) is 2.72. The zero-order valence-electron chi connectivity index (χ0n) is 8.76. The second-order valence-electron chi connectivity index (χ2n) is 3.64. The van der Waals surface area contributed by atoms with Crippen LogP contribution in [-0.4, -0.2) is 36.1 Å². The van der Waals surface area contributed by atoms with Gasteiger partial charge in [0.15, 0.2) is 5.75 Å². The minimum Gasteiger partial charge on any atom is -0.489 e. The summed E-state index contributed by atoms with van der Waals surface area (Å²) in [6.07, 6.45) is 5.73. The minimum atomic E-state index is 0.453. The number of rotatable bonds is 4. The molecule has 0 spiro atoms. The van der Waals surface area contributed by atoms with Gasteiger partial charge in [-0.25, -0.2) is 0 Å². The summed E-state index contributed by atoms with van der Waals surface area (Å²) in [5, 5.41) is 4.29. The van der Waals surface area contributed by atoms with Crippen molar-refractivity contribution in [3.05, 3.63) is 12.4 Å². The van der Waals surface area contributed by atoms with Gasteiger partial charge in [0.1, 0.15) is 6.61 Å². The molecule has 0 aliphatic carbocycles. The molecule has 0 unspecified atom stereocenters. The van der Waals surface area contributed by atoms with Crippen molar-refractivity contribution in [3.63, 3.8) is 0 Å². The van der Waals surface area contributed by atoms with Crippen LogP contribution in [-0.2, 0) is 4.74 Å². The lowest BCUT2D eigenvalue weighted by Crippen LogP contribution is -2.19. The van der Waals surface area contributed by atoms with Crippen molar-refractivity contribution < 1.29 is 9.47 Å². The highest BCUT2D eigenvalue weighted by Gasteiger charge is 2.16. The van der Waals surface area contributed by atoms with Gasteiger partial charge in [-0.1, -0.05) is 0 Å². The lowest BCUT2D eigenvalue weighted by atomic mass is 10.1. The lowest BCUT2D eigenvalue weighted by Gasteiger charge is -2.22. The number of hydrogen-bond donors (Lipinski definition) is 1. The number of hydrogen-bond acceptors (Lipinski definition) is 4. The summed E-state index contributed by atoms with van der Waals surface area (Å²) in [4.78, 5) is 0. The molecule has 1 aliphatic rings. The summed E-state index contributed by atoms with van der Waals surface area (Å²) < 4.78 is 12.7. The van der Waals surface area contributed by atoms with Crippen LogP contribution >= 0.6 is 0 Å². The van der Waals surface area contributed by atoms with E-state index < -0.39 is 0 Å². The maximum atomic E-state index is 5.39. The van der Waals surface area contributed by atoms with Gasteiger partial charge in [0.25, 0.3) is 0 Å². The molecule has 0 amide bonds. The van der Waals surface area contributed by atoms with E-state index in [0.29, 0.717) is 19.2 Å². The van der Waals surface area contributed by atoms with Gasteiger partial charge >= 0.3 is 0 Å². The third-order valence-corrected chi connectivity index (χ3v) is 2.53. The number of aromatic nitrogens is 2. The van der Waals surface area contributed by atoms with Crippen molar-refractivity contribution in [2.75, 3.05) is 26.4 Å². The molecule has 1 fully saturated rings. The Kier molecular flexibility index (Phi) is 3.58. The number of nitrogens with zero attached hydrogens (tertiary/aromatic N) is 2. The smallest absolute Gasteiger partial charge is 0.157 e. The Hall–Kier alpha value is -1.07. The highest BCUT2D eigenvalue weighted by molar-refractivity contribution is 5.12. The number of nitrogens with two attached hydrogens (primary N) is 1.